The van der Waals surface area contributed by atoms with Crippen molar-refractivity contribution in [3.63, 3.8) is 0 Å². The molecule has 1 aliphatic heterocycles. The van der Waals surface area contributed by atoms with Crippen LogP contribution in [0, 0.1) is 0 Å². The molecule has 10 heteroatoms. The topological polar surface area (TPSA) is 104 Å². The molecule has 1 aromatic heterocycles. The molecule has 0 fully saturated rings. The average Bonchev–Trinajstić information content (AvgIpc) is 2.64. The van der Waals surface area contributed by atoms with Gasteiger partial charge in [0.05, 0.1) is 22.6 Å². The fourth-order valence-corrected chi connectivity index (χ4v) is 3.20. The molecule has 0 spiro atoms. The summed E-state index contributed by atoms with van der Waals surface area (Å²) in [6.07, 6.45) is -3.28. The van der Waals surface area contributed by atoms with Crippen molar-refractivity contribution in [1.29, 1.82) is 0 Å². The van der Waals surface area contributed by atoms with Crippen molar-refractivity contribution < 1.29 is 22.7 Å². The second-order valence-corrected chi connectivity index (χ2v) is 6.30. The number of anilines is 1. The molecule has 1 aliphatic rings. The number of fused-ring (bicyclic) bond motifs is 1. The highest BCUT2D eigenvalue weighted by molar-refractivity contribution is 5.94. The molecule has 1 atom stereocenters. The number of benzene rings is 1. The highest BCUT2D eigenvalue weighted by Crippen LogP contribution is 2.40. The fraction of sp³-hybridized carbons (Fsp3) is 0.211. The first-order valence-electron chi connectivity index (χ1n) is 8.43. The summed E-state index contributed by atoms with van der Waals surface area (Å²) in [5, 5.41) is 2.75. The quantitative estimate of drug-likeness (QED) is 0.534. The minimum atomic E-state index is -4.62. The zero-order chi connectivity index (χ0) is 21.3. The zero-order valence-corrected chi connectivity index (χ0v) is 15.1. The van der Waals surface area contributed by atoms with Crippen molar-refractivity contribution in [2.24, 2.45) is 0 Å². The number of esters is 1. The number of carbonyl (C=O) groups is 1. The van der Waals surface area contributed by atoms with Gasteiger partial charge in [-0.15, -0.1) is 0 Å². The number of H-pyrrole nitrogens is 2. The molecule has 0 aliphatic carbocycles. The van der Waals surface area contributed by atoms with Gasteiger partial charge in [-0.05, 0) is 18.6 Å². The van der Waals surface area contributed by atoms with Crippen LogP contribution >= 0.6 is 0 Å². The van der Waals surface area contributed by atoms with Gasteiger partial charge in [-0.1, -0.05) is 30.9 Å². The molecular weight excluding hydrogens is 391 g/mol. The Hall–Kier alpha value is -3.56. The zero-order valence-electron chi connectivity index (χ0n) is 15.1. The number of hydrogen-bond acceptors (Lipinski definition) is 5. The molecule has 0 saturated heterocycles. The molecular formula is C19H16F3N3O4. The van der Waals surface area contributed by atoms with Gasteiger partial charge < -0.3 is 10.1 Å². The minimum absolute atomic E-state index is 0.000988. The van der Waals surface area contributed by atoms with E-state index in [9.17, 15) is 27.6 Å². The Morgan fingerprint density at radius 1 is 1.28 bits per heavy atom. The number of allylic oxidation sites excluding steroid dienone is 1. The van der Waals surface area contributed by atoms with Crippen molar-refractivity contribution in [2.45, 2.75) is 19.0 Å². The predicted molar refractivity (Wildman–Crippen MR) is 98.4 cm³/mol. The van der Waals surface area contributed by atoms with Crippen LogP contribution in [-0.4, -0.2) is 22.5 Å². The van der Waals surface area contributed by atoms with Gasteiger partial charge in [0.2, 0.25) is 0 Å². The maximum atomic E-state index is 13.2. The molecule has 7 nitrogen and oxygen atoms in total. The van der Waals surface area contributed by atoms with Gasteiger partial charge in [-0.3, -0.25) is 14.8 Å². The molecule has 2 aromatic rings. The number of nitrogens with one attached hydrogen (secondary N) is 3. The lowest BCUT2D eigenvalue weighted by molar-refractivity contribution is -0.138. The van der Waals surface area contributed by atoms with Crippen LogP contribution in [0.15, 0.2) is 57.8 Å². The molecule has 29 heavy (non-hydrogen) atoms. The molecule has 3 rings (SSSR count). The second-order valence-electron chi connectivity index (χ2n) is 6.30. The van der Waals surface area contributed by atoms with Crippen LogP contribution in [-0.2, 0) is 15.7 Å². The van der Waals surface area contributed by atoms with Gasteiger partial charge in [0.25, 0.3) is 5.56 Å². The summed E-state index contributed by atoms with van der Waals surface area (Å²) in [5.41, 5.74) is -2.43. The van der Waals surface area contributed by atoms with Crippen molar-refractivity contribution in [1.82, 2.24) is 9.97 Å². The Kier molecular flexibility index (Phi) is 5.19. The Labute approximate surface area is 161 Å². The standard InChI is InChI=1S/C19H16F3N3O4/c1-3-7-29-17(27)12-9(2)23-15-14(16(26)25-18(28)24-15)13(12)10-5-4-6-11(8-10)19(20,21)22/h3-6,8,13H,1,7H2,2H3,(H3,23,24,25,26,28). The number of alkyl halides is 3. The van der Waals surface area contributed by atoms with E-state index >= 15 is 0 Å². The summed E-state index contributed by atoms with van der Waals surface area (Å²) in [7, 11) is 0. The molecule has 1 aromatic carbocycles. The summed E-state index contributed by atoms with van der Waals surface area (Å²) < 4.78 is 44.7. The molecule has 1 unspecified atom stereocenters. The molecule has 2 heterocycles. The number of rotatable bonds is 4. The number of hydrogen-bond donors (Lipinski definition) is 3. The van der Waals surface area contributed by atoms with E-state index in [1.807, 2.05) is 4.98 Å². The normalized spacial score (nSPS) is 16.1. The monoisotopic (exact) mass is 407 g/mol. The predicted octanol–water partition coefficient (Wildman–Crippen LogP) is 2.64. The first-order chi connectivity index (χ1) is 13.6. The van der Waals surface area contributed by atoms with Gasteiger partial charge in [0.1, 0.15) is 12.4 Å². The Morgan fingerprint density at radius 3 is 2.66 bits per heavy atom. The van der Waals surface area contributed by atoms with Crippen LogP contribution in [0.1, 0.15) is 29.5 Å². The SMILES string of the molecule is C=CCOC(=O)C1=C(C)Nc2[nH]c(=O)[nH]c(=O)c2C1c1cccc(C(F)(F)F)c1. The van der Waals surface area contributed by atoms with Gasteiger partial charge in [0.15, 0.2) is 0 Å². The first-order valence-corrected chi connectivity index (χ1v) is 8.43. The Bertz CT molecular complexity index is 1130. The lowest BCUT2D eigenvalue weighted by Gasteiger charge is -2.29. The van der Waals surface area contributed by atoms with E-state index < -0.39 is 34.9 Å². The first kappa shape index (κ1) is 20.2. The van der Waals surface area contributed by atoms with Gasteiger partial charge >= 0.3 is 17.8 Å². The largest absolute Gasteiger partial charge is 0.458 e. The number of carbonyl (C=O) groups excluding carboxylic acids is 1. The van der Waals surface area contributed by atoms with E-state index in [1.54, 1.807) is 0 Å². The van der Waals surface area contributed by atoms with Gasteiger partial charge in [-0.2, -0.15) is 13.2 Å². The van der Waals surface area contributed by atoms with E-state index in [1.165, 1.54) is 25.1 Å². The Morgan fingerprint density at radius 2 is 2.00 bits per heavy atom. The van der Waals surface area contributed by atoms with Crippen molar-refractivity contribution >= 4 is 11.8 Å². The lowest BCUT2D eigenvalue weighted by atomic mass is 9.82. The number of halogens is 3. The third-order valence-corrected chi connectivity index (χ3v) is 4.37. The molecule has 0 saturated carbocycles. The molecule has 0 radical (unpaired) electrons. The van der Waals surface area contributed by atoms with Gasteiger partial charge in [0, 0.05) is 5.70 Å². The van der Waals surface area contributed by atoms with Crippen molar-refractivity contribution in [2.75, 3.05) is 11.9 Å². The molecule has 152 valence electrons. The van der Waals surface area contributed by atoms with E-state index in [2.05, 4.69) is 16.9 Å². The van der Waals surface area contributed by atoms with Crippen LogP contribution in [0.5, 0.6) is 0 Å². The number of ether oxygens (including phenoxy) is 1. The average molecular weight is 407 g/mol. The van der Waals surface area contributed by atoms with E-state index in [0.717, 1.165) is 12.1 Å². The second kappa shape index (κ2) is 7.46. The van der Waals surface area contributed by atoms with E-state index in [-0.39, 0.29) is 34.8 Å². The van der Waals surface area contributed by atoms with Crippen LogP contribution in [0.2, 0.25) is 0 Å². The minimum Gasteiger partial charge on any atom is -0.458 e. The van der Waals surface area contributed by atoms with E-state index in [0.29, 0.717) is 0 Å². The van der Waals surface area contributed by atoms with Crippen LogP contribution in [0.3, 0.4) is 0 Å². The smallest absolute Gasteiger partial charge is 0.416 e. The summed E-state index contributed by atoms with van der Waals surface area (Å²) >= 11 is 0. The number of aromatic nitrogens is 2. The summed E-state index contributed by atoms with van der Waals surface area (Å²) in [5.74, 6) is -2.01. The Balaban J connectivity index is 2.27. The number of aromatic amines is 2. The lowest BCUT2D eigenvalue weighted by Crippen LogP contribution is -2.35. The van der Waals surface area contributed by atoms with E-state index in [4.69, 9.17) is 4.74 Å². The third kappa shape index (κ3) is 3.86. The van der Waals surface area contributed by atoms with Crippen molar-refractivity contribution in [3.05, 3.63) is 85.7 Å². The highest BCUT2D eigenvalue weighted by Gasteiger charge is 2.37. The highest BCUT2D eigenvalue weighted by atomic mass is 19.4. The molecule has 3 N–H and O–H groups in total. The fourth-order valence-electron chi connectivity index (χ4n) is 3.20. The van der Waals surface area contributed by atoms with Crippen LogP contribution in [0.25, 0.3) is 0 Å². The summed E-state index contributed by atoms with van der Waals surface area (Å²) in [6.45, 7) is 4.81. The summed E-state index contributed by atoms with van der Waals surface area (Å²) in [4.78, 5) is 41.2. The van der Waals surface area contributed by atoms with Gasteiger partial charge in [-0.25, -0.2) is 9.59 Å². The maximum Gasteiger partial charge on any atom is 0.416 e. The third-order valence-electron chi connectivity index (χ3n) is 4.37. The maximum absolute atomic E-state index is 13.2. The summed E-state index contributed by atoms with van der Waals surface area (Å²) in [6, 6.07) is 4.29. The molecule has 0 amide bonds. The van der Waals surface area contributed by atoms with Crippen molar-refractivity contribution in [3.8, 4) is 0 Å². The van der Waals surface area contributed by atoms with Crippen LogP contribution < -0.4 is 16.6 Å². The molecule has 0 bridgehead atoms. The van der Waals surface area contributed by atoms with Crippen LogP contribution in [0.4, 0.5) is 19.0 Å².